The average molecular weight is 465 g/mol. The first-order valence-corrected chi connectivity index (χ1v) is 12.1. The normalized spacial score (nSPS) is 20.0. The lowest BCUT2D eigenvalue weighted by atomic mass is 9.85. The molecule has 34 heavy (non-hydrogen) atoms. The first-order chi connectivity index (χ1) is 16.5. The van der Waals surface area contributed by atoms with Gasteiger partial charge in [-0.1, -0.05) is 68.3 Å². The van der Waals surface area contributed by atoms with Crippen molar-refractivity contribution in [3.05, 3.63) is 59.7 Å². The van der Waals surface area contributed by atoms with Gasteiger partial charge in [0.25, 0.3) is 0 Å². The Morgan fingerprint density at radius 2 is 1.68 bits per heavy atom. The number of alkyl carbamates (subject to hydrolysis) is 1. The van der Waals surface area contributed by atoms with Crippen LogP contribution in [0.3, 0.4) is 0 Å². The molecule has 180 valence electrons. The minimum absolute atomic E-state index is 0.00505. The van der Waals surface area contributed by atoms with E-state index in [4.69, 9.17) is 4.74 Å². The third-order valence-corrected chi connectivity index (χ3v) is 6.90. The maximum absolute atomic E-state index is 12.6. The quantitative estimate of drug-likeness (QED) is 0.535. The van der Waals surface area contributed by atoms with E-state index in [1.165, 1.54) is 11.1 Å². The monoisotopic (exact) mass is 464 g/mol. The maximum atomic E-state index is 12.6. The van der Waals surface area contributed by atoms with Crippen molar-refractivity contribution in [2.45, 2.75) is 63.5 Å². The fraction of sp³-hybridized carbons (Fsp3) is 0.444. The summed E-state index contributed by atoms with van der Waals surface area (Å²) in [7, 11) is 0. The van der Waals surface area contributed by atoms with Crippen LogP contribution in [-0.2, 0) is 14.3 Å². The van der Waals surface area contributed by atoms with Crippen molar-refractivity contribution in [1.29, 1.82) is 0 Å². The number of rotatable bonds is 8. The highest BCUT2D eigenvalue weighted by atomic mass is 16.5. The first kappa shape index (κ1) is 23.8. The van der Waals surface area contributed by atoms with Crippen LogP contribution in [-0.4, -0.2) is 41.8 Å². The van der Waals surface area contributed by atoms with Crippen LogP contribution in [0.5, 0.6) is 0 Å². The van der Waals surface area contributed by atoms with Crippen molar-refractivity contribution >= 4 is 18.0 Å². The van der Waals surface area contributed by atoms with Gasteiger partial charge in [-0.15, -0.1) is 0 Å². The summed E-state index contributed by atoms with van der Waals surface area (Å²) in [4.78, 5) is 36.6. The third kappa shape index (κ3) is 5.24. The topological polar surface area (TPSA) is 105 Å². The van der Waals surface area contributed by atoms with Crippen LogP contribution in [0.15, 0.2) is 48.5 Å². The molecule has 0 bridgehead atoms. The standard InChI is InChI=1S/C27H32N2O5/c1-2-8-24(26(31)32)29-25(30)17-9-7-10-18(15-17)28-27(33)34-16-23-21-13-5-3-11-19(21)20-12-4-6-14-22(20)23/h3-6,11-14,17-18,23-24H,2,7-10,15-16H2,1H3,(H,28,33)(H,29,30)(H,31,32)/t17-,18-,24-/m1/s1. The van der Waals surface area contributed by atoms with E-state index < -0.39 is 18.1 Å². The zero-order valence-electron chi connectivity index (χ0n) is 19.5. The van der Waals surface area contributed by atoms with E-state index in [1.807, 2.05) is 31.2 Å². The Hall–Kier alpha value is -3.35. The van der Waals surface area contributed by atoms with Gasteiger partial charge in [0.05, 0.1) is 0 Å². The Labute approximate surface area is 199 Å². The van der Waals surface area contributed by atoms with E-state index in [0.717, 1.165) is 24.0 Å². The lowest BCUT2D eigenvalue weighted by Crippen LogP contribution is -2.47. The van der Waals surface area contributed by atoms with Gasteiger partial charge in [0.2, 0.25) is 5.91 Å². The van der Waals surface area contributed by atoms with E-state index in [9.17, 15) is 19.5 Å². The number of hydrogen-bond acceptors (Lipinski definition) is 4. The van der Waals surface area contributed by atoms with Gasteiger partial charge >= 0.3 is 12.1 Å². The fourth-order valence-electron chi connectivity index (χ4n) is 5.20. The van der Waals surface area contributed by atoms with Gasteiger partial charge in [-0.3, -0.25) is 4.79 Å². The molecule has 7 nitrogen and oxygen atoms in total. The molecular formula is C27H32N2O5. The molecule has 0 saturated heterocycles. The molecule has 7 heteroatoms. The molecule has 0 aromatic heterocycles. The molecule has 2 amide bonds. The van der Waals surface area contributed by atoms with Gasteiger partial charge in [-0.2, -0.15) is 0 Å². The number of carbonyl (C=O) groups excluding carboxylic acids is 2. The summed E-state index contributed by atoms with van der Waals surface area (Å²) in [6, 6.07) is 15.3. The van der Waals surface area contributed by atoms with E-state index >= 15 is 0 Å². The van der Waals surface area contributed by atoms with Crippen molar-refractivity contribution < 1.29 is 24.2 Å². The Morgan fingerprint density at radius 1 is 1.03 bits per heavy atom. The molecule has 1 saturated carbocycles. The van der Waals surface area contributed by atoms with Gasteiger partial charge in [-0.25, -0.2) is 9.59 Å². The zero-order chi connectivity index (χ0) is 24.1. The molecule has 0 aliphatic heterocycles. The van der Waals surface area contributed by atoms with Crippen LogP contribution in [0.1, 0.15) is 62.5 Å². The Morgan fingerprint density at radius 3 is 2.29 bits per heavy atom. The SMILES string of the molecule is CCC[C@@H](NC(=O)[C@@H]1CCC[C@@H](NC(=O)OCC2c3ccccc3-c3ccccc32)C1)C(=O)O. The number of carbonyl (C=O) groups is 3. The van der Waals surface area contributed by atoms with E-state index in [0.29, 0.717) is 25.7 Å². The number of aliphatic carboxylic acids is 1. The van der Waals surface area contributed by atoms with E-state index in [2.05, 4.69) is 34.9 Å². The second kappa shape index (κ2) is 10.7. The number of benzene rings is 2. The average Bonchev–Trinajstić information content (AvgIpc) is 3.16. The molecule has 2 aliphatic rings. The van der Waals surface area contributed by atoms with Gasteiger partial charge < -0.3 is 20.5 Å². The summed E-state index contributed by atoms with van der Waals surface area (Å²) in [6.07, 6.45) is 3.32. The van der Waals surface area contributed by atoms with Gasteiger partial charge in [-0.05, 0) is 47.9 Å². The lowest BCUT2D eigenvalue weighted by molar-refractivity contribution is -0.142. The minimum atomic E-state index is -1.01. The largest absolute Gasteiger partial charge is 0.480 e. The number of ether oxygens (including phenoxy) is 1. The minimum Gasteiger partial charge on any atom is -0.480 e. The second-order valence-corrected chi connectivity index (χ2v) is 9.22. The Bertz CT molecular complexity index is 1010. The van der Waals surface area contributed by atoms with Gasteiger partial charge in [0.15, 0.2) is 0 Å². The highest BCUT2D eigenvalue weighted by molar-refractivity contribution is 5.85. The van der Waals surface area contributed by atoms with Crippen LogP contribution in [0.25, 0.3) is 11.1 Å². The highest BCUT2D eigenvalue weighted by Crippen LogP contribution is 2.44. The summed E-state index contributed by atoms with van der Waals surface area (Å²) in [6.45, 7) is 2.13. The maximum Gasteiger partial charge on any atom is 0.407 e. The van der Waals surface area contributed by atoms with Crippen molar-refractivity contribution in [2.75, 3.05) is 6.61 Å². The number of carboxylic acids is 1. The summed E-state index contributed by atoms with van der Waals surface area (Å²) in [5, 5.41) is 14.9. The molecule has 3 atom stereocenters. The molecule has 0 unspecified atom stereocenters. The highest BCUT2D eigenvalue weighted by Gasteiger charge is 2.32. The molecule has 4 rings (SSSR count). The summed E-state index contributed by atoms with van der Waals surface area (Å²) < 4.78 is 5.64. The lowest BCUT2D eigenvalue weighted by Gasteiger charge is -2.29. The Kier molecular flexibility index (Phi) is 7.50. The number of amides is 2. The van der Waals surface area contributed by atoms with Gasteiger partial charge in [0, 0.05) is 17.9 Å². The predicted octanol–water partition coefficient (Wildman–Crippen LogP) is 4.45. The number of carboxylic acid groups (broad SMARTS) is 1. The summed E-state index contributed by atoms with van der Waals surface area (Å²) in [5.41, 5.74) is 4.67. The summed E-state index contributed by atoms with van der Waals surface area (Å²) in [5.74, 6) is -1.58. The van der Waals surface area contributed by atoms with Crippen LogP contribution in [0, 0.1) is 5.92 Å². The zero-order valence-corrected chi connectivity index (χ0v) is 19.5. The van der Waals surface area contributed by atoms with Crippen molar-refractivity contribution in [2.24, 2.45) is 5.92 Å². The van der Waals surface area contributed by atoms with Crippen LogP contribution in [0.4, 0.5) is 4.79 Å². The smallest absolute Gasteiger partial charge is 0.407 e. The van der Waals surface area contributed by atoms with E-state index in [-0.39, 0.29) is 30.4 Å². The molecule has 2 aromatic rings. The number of hydrogen-bond donors (Lipinski definition) is 3. The molecule has 2 aliphatic carbocycles. The molecule has 0 heterocycles. The molecule has 1 fully saturated rings. The molecule has 3 N–H and O–H groups in total. The van der Waals surface area contributed by atoms with Crippen LogP contribution in [0.2, 0.25) is 0 Å². The molecular weight excluding hydrogens is 432 g/mol. The second-order valence-electron chi connectivity index (χ2n) is 9.22. The van der Waals surface area contributed by atoms with Crippen molar-refractivity contribution in [3.63, 3.8) is 0 Å². The number of nitrogens with one attached hydrogen (secondary N) is 2. The van der Waals surface area contributed by atoms with Crippen molar-refractivity contribution in [1.82, 2.24) is 10.6 Å². The predicted molar refractivity (Wildman–Crippen MR) is 128 cm³/mol. The first-order valence-electron chi connectivity index (χ1n) is 12.1. The Balaban J connectivity index is 1.31. The van der Waals surface area contributed by atoms with Crippen molar-refractivity contribution in [3.8, 4) is 11.1 Å². The van der Waals surface area contributed by atoms with Gasteiger partial charge in [0.1, 0.15) is 12.6 Å². The third-order valence-electron chi connectivity index (χ3n) is 6.90. The molecule has 0 radical (unpaired) electrons. The van der Waals surface area contributed by atoms with E-state index in [1.54, 1.807) is 0 Å². The fourth-order valence-corrected chi connectivity index (χ4v) is 5.20. The van der Waals surface area contributed by atoms with Crippen LogP contribution < -0.4 is 10.6 Å². The number of fused-ring (bicyclic) bond motifs is 3. The van der Waals surface area contributed by atoms with Crippen LogP contribution >= 0.6 is 0 Å². The molecule has 0 spiro atoms. The summed E-state index contributed by atoms with van der Waals surface area (Å²) >= 11 is 0. The molecule has 2 aromatic carbocycles.